The summed E-state index contributed by atoms with van der Waals surface area (Å²) in [4.78, 5) is 8.02. The van der Waals surface area contributed by atoms with Gasteiger partial charge in [-0.05, 0) is 26.0 Å². The summed E-state index contributed by atoms with van der Waals surface area (Å²) in [5, 5.41) is 2.79. The first-order chi connectivity index (χ1) is 7.42. The summed E-state index contributed by atoms with van der Waals surface area (Å²) in [6.07, 6.45) is -1.83. The van der Waals surface area contributed by atoms with Gasteiger partial charge in [0.05, 0.1) is 6.04 Å². The average molecular weight is 233 g/mol. The quantitative estimate of drug-likeness (QED) is 0.867. The van der Waals surface area contributed by atoms with Gasteiger partial charge >= 0.3 is 6.18 Å². The van der Waals surface area contributed by atoms with E-state index < -0.39 is 18.6 Å². The van der Waals surface area contributed by atoms with E-state index in [9.17, 15) is 13.2 Å². The van der Waals surface area contributed by atoms with Crippen LogP contribution in [0.5, 0.6) is 0 Å². The van der Waals surface area contributed by atoms with Gasteiger partial charge in [-0.1, -0.05) is 0 Å². The van der Waals surface area contributed by atoms with Crippen molar-refractivity contribution in [3.63, 3.8) is 0 Å². The van der Waals surface area contributed by atoms with Crippen LogP contribution in [0, 0.1) is 6.92 Å². The third kappa shape index (κ3) is 4.14. The van der Waals surface area contributed by atoms with E-state index in [2.05, 4.69) is 15.3 Å². The zero-order valence-electron chi connectivity index (χ0n) is 9.17. The first kappa shape index (κ1) is 12.9. The Bertz CT molecular complexity index is 321. The van der Waals surface area contributed by atoms with Gasteiger partial charge in [-0.25, -0.2) is 9.97 Å². The van der Waals surface area contributed by atoms with Crippen LogP contribution in [0.2, 0.25) is 0 Å². The summed E-state index contributed by atoms with van der Waals surface area (Å²) in [6.45, 7) is 1.83. The highest BCUT2D eigenvalue weighted by molar-refractivity contribution is 5.04. The number of nitrogens with one attached hydrogen (secondary N) is 1. The van der Waals surface area contributed by atoms with E-state index in [4.69, 9.17) is 0 Å². The van der Waals surface area contributed by atoms with Crippen molar-refractivity contribution in [3.8, 4) is 0 Å². The zero-order chi connectivity index (χ0) is 12.2. The second kappa shape index (κ2) is 5.25. The Morgan fingerprint density at radius 1 is 1.31 bits per heavy atom. The number of hydrogen-bond donors (Lipinski definition) is 1. The molecule has 0 amide bonds. The van der Waals surface area contributed by atoms with Crippen molar-refractivity contribution in [2.75, 3.05) is 7.05 Å². The topological polar surface area (TPSA) is 37.8 Å². The van der Waals surface area contributed by atoms with Gasteiger partial charge in [-0.3, -0.25) is 0 Å². The van der Waals surface area contributed by atoms with E-state index in [0.29, 0.717) is 5.82 Å². The Balaban J connectivity index is 2.64. The number of aryl methyl sites for hydroxylation is 1. The summed E-state index contributed by atoms with van der Waals surface area (Å²) < 4.78 is 36.2. The molecule has 6 heteroatoms. The lowest BCUT2D eigenvalue weighted by Crippen LogP contribution is -2.21. The smallest absolute Gasteiger partial charge is 0.310 e. The highest BCUT2D eigenvalue weighted by atomic mass is 19.4. The van der Waals surface area contributed by atoms with Gasteiger partial charge in [-0.2, -0.15) is 13.2 Å². The molecular weight excluding hydrogens is 219 g/mol. The molecule has 1 aromatic rings. The molecule has 1 N–H and O–H groups in total. The number of hydrogen-bond acceptors (Lipinski definition) is 3. The SMILES string of the molecule is CNC(CCC(F)(F)F)c1ncc(C)cn1. The molecule has 0 fully saturated rings. The van der Waals surface area contributed by atoms with Crippen molar-refractivity contribution in [3.05, 3.63) is 23.8 Å². The molecule has 0 aliphatic rings. The van der Waals surface area contributed by atoms with Gasteiger partial charge in [-0.15, -0.1) is 0 Å². The van der Waals surface area contributed by atoms with E-state index in [0.717, 1.165) is 5.56 Å². The molecule has 16 heavy (non-hydrogen) atoms. The molecule has 1 heterocycles. The van der Waals surface area contributed by atoms with Crippen LogP contribution in [0.25, 0.3) is 0 Å². The lowest BCUT2D eigenvalue weighted by atomic mass is 10.1. The standard InChI is InChI=1S/C10H14F3N3/c1-7-5-15-9(16-6-7)8(14-2)3-4-10(11,12)13/h5-6,8,14H,3-4H2,1-2H3. The third-order valence-electron chi connectivity index (χ3n) is 2.18. The number of halogens is 3. The lowest BCUT2D eigenvalue weighted by Gasteiger charge is -2.15. The van der Waals surface area contributed by atoms with Crippen molar-refractivity contribution < 1.29 is 13.2 Å². The van der Waals surface area contributed by atoms with Crippen molar-refractivity contribution >= 4 is 0 Å². The van der Waals surface area contributed by atoms with Crippen LogP contribution in [0.3, 0.4) is 0 Å². The first-order valence-corrected chi connectivity index (χ1v) is 4.95. The van der Waals surface area contributed by atoms with E-state index in [1.807, 2.05) is 6.92 Å². The highest BCUT2D eigenvalue weighted by Gasteiger charge is 2.28. The summed E-state index contributed by atoms with van der Waals surface area (Å²) in [5.41, 5.74) is 0.884. The summed E-state index contributed by atoms with van der Waals surface area (Å²) in [7, 11) is 1.60. The molecule has 1 atom stereocenters. The van der Waals surface area contributed by atoms with E-state index >= 15 is 0 Å². The van der Waals surface area contributed by atoms with Crippen LogP contribution in [-0.4, -0.2) is 23.2 Å². The van der Waals surface area contributed by atoms with Gasteiger partial charge < -0.3 is 5.32 Å². The van der Waals surface area contributed by atoms with Gasteiger partial charge in [0.1, 0.15) is 5.82 Å². The fourth-order valence-electron chi connectivity index (χ4n) is 1.29. The monoisotopic (exact) mass is 233 g/mol. The molecular formula is C10H14F3N3. The van der Waals surface area contributed by atoms with E-state index in [-0.39, 0.29) is 6.42 Å². The second-order valence-corrected chi connectivity index (χ2v) is 3.61. The number of rotatable bonds is 4. The Kier molecular flexibility index (Phi) is 4.23. The van der Waals surface area contributed by atoms with Gasteiger partial charge in [0.25, 0.3) is 0 Å². The summed E-state index contributed by atoms with van der Waals surface area (Å²) >= 11 is 0. The second-order valence-electron chi connectivity index (χ2n) is 3.61. The van der Waals surface area contributed by atoms with Crippen molar-refractivity contribution in [2.24, 2.45) is 0 Å². The molecule has 0 radical (unpaired) electrons. The summed E-state index contributed by atoms with van der Waals surface area (Å²) in [6, 6.07) is -0.456. The molecule has 0 saturated carbocycles. The largest absolute Gasteiger partial charge is 0.389 e. The lowest BCUT2D eigenvalue weighted by molar-refractivity contribution is -0.136. The maximum atomic E-state index is 12.1. The van der Waals surface area contributed by atoms with Gasteiger partial charge in [0.15, 0.2) is 0 Å². The van der Waals surface area contributed by atoms with Crippen LogP contribution in [0.4, 0.5) is 13.2 Å². The van der Waals surface area contributed by atoms with Crippen molar-refractivity contribution in [2.45, 2.75) is 32.0 Å². The fraction of sp³-hybridized carbons (Fsp3) is 0.600. The molecule has 1 unspecified atom stereocenters. The van der Waals surface area contributed by atoms with Gasteiger partial charge in [0, 0.05) is 18.8 Å². The van der Waals surface area contributed by atoms with Gasteiger partial charge in [0.2, 0.25) is 0 Å². The zero-order valence-corrected chi connectivity index (χ0v) is 9.17. The molecule has 0 bridgehead atoms. The maximum Gasteiger partial charge on any atom is 0.389 e. The van der Waals surface area contributed by atoms with Crippen LogP contribution in [-0.2, 0) is 0 Å². The van der Waals surface area contributed by atoms with Crippen LogP contribution in [0.1, 0.15) is 30.3 Å². The van der Waals surface area contributed by atoms with E-state index in [1.165, 1.54) is 0 Å². The average Bonchev–Trinajstić information content (AvgIpc) is 2.20. The minimum absolute atomic E-state index is 0.0525. The highest BCUT2D eigenvalue weighted by Crippen LogP contribution is 2.25. The fourth-order valence-corrected chi connectivity index (χ4v) is 1.29. The number of alkyl halides is 3. The minimum Gasteiger partial charge on any atom is -0.310 e. The molecule has 0 saturated heterocycles. The molecule has 1 aromatic heterocycles. The molecule has 0 aliphatic heterocycles. The molecule has 90 valence electrons. The van der Waals surface area contributed by atoms with Crippen LogP contribution in [0.15, 0.2) is 12.4 Å². The minimum atomic E-state index is -4.14. The summed E-state index contributed by atoms with van der Waals surface area (Å²) in [5.74, 6) is 0.400. The number of aromatic nitrogens is 2. The Labute approximate surface area is 92.1 Å². The maximum absolute atomic E-state index is 12.1. The molecule has 0 spiro atoms. The van der Waals surface area contributed by atoms with Crippen molar-refractivity contribution in [1.29, 1.82) is 0 Å². The Morgan fingerprint density at radius 3 is 2.31 bits per heavy atom. The van der Waals surface area contributed by atoms with E-state index in [1.54, 1.807) is 19.4 Å². The molecule has 1 rings (SSSR count). The Morgan fingerprint density at radius 2 is 1.88 bits per heavy atom. The third-order valence-corrected chi connectivity index (χ3v) is 2.18. The predicted octanol–water partition coefficient (Wildman–Crippen LogP) is 2.39. The molecule has 3 nitrogen and oxygen atoms in total. The first-order valence-electron chi connectivity index (χ1n) is 4.95. The van der Waals surface area contributed by atoms with Crippen LogP contribution >= 0.6 is 0 Å². The van der Waals surface area contributed by atoms with Crippen LogP contribution < -0.4 is 5.32 Å². The predicted molar refractivity (Wildman–Crippen MR) is 53.9 cm³/mol. The Hall–Kier alpha value is -1.17. The number of nitrogens with zero attached hydrogens (tertiary/aromatic N) is 2. The van der Waals surface area contributed by atoms with Crippen molar-refractivity contribution in [1.82, 2.24) is 15.3 Å². The molecule has 0 aromatic carbocycles. The normalized spacial score (nSPS) is 13.8. The molecule has 0 aliphatic carbocycles.